The second-order valence-electron chi connectivity index (χ2n) is 8.16. The number of hydrogen-bond acceptors (Lipinski definition) is 10. The highest BCUT2D eigenvalue weighted by Gasteiger charge is 2.23. The molecule has 0 amide bonds. The van der Waals surface area contributed by atoms with Crippen molar-refractivity contribution in [2.45, 2.75) is 32.1 Å². The van der Waals surface area contributed by atoms with E-state index in [1.165, 1.54) is 19.4 Å². The number of methoxy groups -OCH3 is 1. The summed E-state index contributed by atoms with van der Waals surface area (Å²) in [4.78, 5) is 8.27. The molecule has 3 aromatic heterocycles. The first-order chi connectivity index (χ1) is 18.3. The normalized spacial score (nSPS) is 14.2. The lowest BCUT2D eigenvalue weighted by molar-refractivity contribution is -0.434. The van der Waals surface area contributed by atoms with Crippen LogP contribution in [-0.4, -0.2) is 53.2 Å². The van der Waals surface area contributed by atoms with Crippen molar-refractivity contribution < 1.29 is 27.1 Å². The molecule has 38 heavy (non-hydrogen) atoms. The van der Waals surface area contributed by atoms with Crippen LogP contribution in [0.4, 0.5) is 25.4 Å². The number of halogens is 2. The fourth-order valence-corrected chi connectivity index (χ4v) is 4.27. The molecule has 1 atom stereocenters. The Hall–Kier alpha value is -3.61. The second-order valence-corrected chi connectivity index (χ2v) is 10.2. The topological polar surface area (TPSA) is 149 Å². The first kappa shape index (κ1) is 27.4. The predicted octanol–water partition coefficient (Wildman–Crippen LogP) is 5.04. The number of ether oxygens (including phenoxy) is 1. The van der Waals surface area contributed by atoms with Crippen LogP contribution >= 0.6 is 11.3 Å². The van der Waals surface area contributed by atoms with Gasteiger partial charge in [-0.05, 0) is 48.6 Å². The van der Waals surface area contributed by atoms with Crippen LogP contribution in [0, 0.1) is 23.0 Å². The number of aromatic nitrogens is 4. The number of rotatable bonds is 11. The fraction of sp³-hybridized carbons (Fsp3) is 0.391. The molecule has 0 saturated heterocycles. The van der Waals surface area contributed by atoms with E-state index >= 15 is 0 Å². The molecular weight excluding hydrogens is 540 g/mol. The van der Waals surface area contributed by atoms with E-state index in [4.69, 9.17) is 9.29 Å². The van der Waals surface area contributed by atoms with Gasteiger partial charge in [-0.3, -0.25) is 4.98 Å². The average molecular weight is 564 g/mol. The summed E-state index contributed by atoms with van der Waals surface area (Å²) in [5.41, 5.74) is -0.125. The number of nitrogens with zero attached hydrogens (tertiary/aromatic N) is 6. The zero-order valence-electron chi connectivity index (χ0n) is 20.1. The van der Waals surface area contributed by atoms with Gasteiger partial charge in [0.15, 0.2) is 16.1 Å². The molecule has 3 heterocycles. The maximum Gasteiger partial charge on any atom is 0.298 e. The minimum absolute atomic E-state index is 0.0447. The van der Waals surface area contributed by atoms with Gasteiger partial charge in [0.05, 0.1) is 18.9 Å². The van der Waals surface area contributed by atoms with Gasteiger partial charge in [0.1, 0.15) is 23.5 Å². The molecule has 4 rings (SSSR count). The van der Waals surface area contributed by atoms with Crippen molar-refractivity contribution in [3.63, 3.8) is 0 Å². The number of anilines is 1. The summed E-state index contributed by atoms with van der Waals surface area (Å²) in [5, 5.41) is 28.5. The summed E-state index contributed by atoms with van der Waals surface area (Å²) in [5.74, 6) is 7.03. The maximum atomic E-state index is 13.5. The molecule has 0 aromatic carbocycles. The molecule has 0 bridgehead atoms. The Morgan fingerprint density at radius 2 is 2.11 bits per heavy atom. The molecule has 3 aromatic rings. The third-order valence-electron chi connectivity index (χ3n) is 5.31. The number of pyridine rings is 2. The van der Waals surface area contributed by atoms with Crippen LogP contribution in [0.2, 0.25) is 0 Å². The van der Waals surface area contributed by atoms with Crippen molar-refractivity contribution in [3.05, 3.63) is 40.4 Å². The fourth-order valence-electron chi connectivity index (χ4n) is 3.26. The van der Waals surface area contributed by atoms with Crippen molar-refractivity contribution in [2.24, 2.45) is 11.0 Å². The van der Waals surface area contributed by atoms with E-state index in [0.29, 0.717) is 41.0 Å². The van der Waals surface area contributed by atoms with Crippen LogP contribution in [0.15, 0.2) is 29.6 Å². The number of alkyl halides is 2. The third-order valence-corrected chi connectivity index (χ3v) is 6.68. The summed E-state index contributed by atoms with van der Waals surface area (Å²) in [6, 6.07) is 2.66. The van der Waals surface area contributed by atoms with E-state index < -0.39 is 23.2 Å². The smallest absolute Gasteiger partial charge is 0.298 e. The molecule has 11 nitrogen and oxygen atoms in total. The third kappa shape index (κ3) is 7.46. The van der Waals surface area contributed by atoms with Crippen LogP contribution in [0.1, 0.15) is 42.8 Å². The maximum absolute atomic E-state index is 13.5. The minimum Gasteiger partial charge on any atom is -0.594 e. The van der Waals surface area contributed by atoms with Crippen LogP contribution in [0.3, 0.4) is 0 Å². The van der Waals surface area contributed by atoms with Gasteiger partial charge < -0.3 is 19.8 Å². The Bertz CT molecular complexity index is 1400. The summed E-state index contributed by atoms with van der Waals surface area (Å²) in [6.07, 6.45) is 2.80. The highest BCUT2D eigenvalue weighted by atomic mass is 32.2. The van der Waals surface area contributed by atoms with Gasteiger partial charge in [-0.15, -0.1) is 10.2 Å². The van der Waals surface area contributed by atoms with E-state index in [1.54, 1.807) is 0 Å². The first-order valence-electron chi connectivity index (χ1n) is 11.5. The lowest BCUT2D eigenvalue weighted by Gasteiger charge is -2.13. The molecule has 1 fully saturated rings. The zero-order valence-corrected chi connectivity index (χ0v) is 21.8. The Morgan fingerprint density at radius 1 is 1.29 bits per heavy atom. The highest BCUT2D eigenvalue weighted by molar-refractivity contribution is 7.79. The molecule has 1 aliphatic rings. The minimum atomic E-state index is -2.84. The number of unbranched alkanes of at least 4 members (excludes halogenated alkanes) is 1. The SMILES string of the molecule is COc1cnc(C(F)F)cc1-c1cc(NCCCCS(=O)O)ncc1/[N+]([O-])=N/c1nnc(C#CC2CC2)s1. The summed E-state index contributed by atoms with van der Waals surface area (Å²) in [6.45, 7) is 0.430. The molecule has 1 aliphatic carbocycles. The number of azo groups is 1. The Morgan fingerprint density at radius 3 is 2.82 bits per heavy atom. The largest absolute Gasteiger partial charge is 0.594 e. The van der Waals surface area contributed by atoms with Gasteiger partial charge in [-0.1, -0.05) is 17.3 Å². The number of nitrogens with one attached hydrogen (secondary N) is 1. The van der Waals surface area contributed by atoms with Crippen LogP contribution in [-0.2, 0) is 11.1 Å². The van der Waals surface area contributed by atoms with Crippen molar-refractivity contribution in [3.8, 4) is 28.7 Å². The molecule has 200 valence electrons. The molecule has 0 radical (unpaired) electrons. The number of hydrogen-bond donors (Lipinski definition) is 2. The molecular formula is C23H23F2N7O4S2. The second kappa shape index (κ2) is 12.8. The van der Waals surface area contributed by atoms with Crippen LogP contribution in [0.5, 0.6) is 5.75 Å². The van der Waals surface area contributed by atoms with Gasteiger partial charge in [-0.25, -0.2) is 18.0 Å². The molecule has 2 N–H and O–H groups in total. The van der Waals surface area contributed by atoms with E-state index in [2.05, 4.69) is 42.4 Å². The van der Waals surface area contributed by atoms with Gasteiger partial charge in [-0.2, -0.15) is 0 Å². The van der Waals surface area contributed by atoms with Gasteiger partial charge >= 0.3 is 0 Å². The van der Waals surface area contributed by atoms with E-state index in [0.717, 1.165) is 36.4 Å². The Kier molecular flexibility index (Phi) is 9.21. The van der Waals surface area contributed by atoms with E-state index in [1.807, 2.05) is 0 Å². The van der Waals surface area contributed by atoms with Gasteiger partial charge in [0.25, 0.3) is 17.2 Å². The zero-order chi connectivity index (χ0) is 27.1. The molecule has 15 heteroatoms. The first-order valence-corrected chi connectivity index (χ1v) is 13.6. The van der Waals surface area contributed by atoms with Crippen molar-refractivity contribution in [2.75, 3.05) is 24.7 Å². The Balaban J connectivity index is 1.67. The monoisotopic (exact) mass is 563 g/mol. The van der Waals surface area contributed by atoms with Crippen LogP contribution in [0.25, 0.3) is 11.1 Å². The summed E-state index contributed by atoms with van der Waals surface area (Å²) in [7, 11) is 1.36. The predicted molar refractivity (Wildman–Crippen MR) is 137 cm³/mol. The lowest BCUT2D eigenvalue weighted by atomic mass is 10.0. The van der Waals surface area contributed by atoms with Crippen molar-refractivity contribution in [1.82, 2.24) is 20.2 Å². The molecule has 1 saturated carbocycles. The molecule has 1 unspecified atom stereocenters. The van der Waals surface area contributed by atoms with Crippen LogP contribution < -0.4 is 10.1 Å². The van der Waals surface area contributed by atoms with E-state index in [9.17, 15) is 18.2 Å². The standard InChI is InChI=1S/C23H23F2N7O4S2/c1-36-19-13-27-17(22(24)25)10-16(19)15-11-20(26-8-2-3-9-38(34)35)28-12-18(15)32(33)31-23-30-29-21(37-23)7-6-14-4-5-14/h10-14,22H,2-5,8-9H2,1H3,(H,26,28)(H,34,35)/b32-31-. The van der Waals surface area contributed by atoms with Gasteiger partial charge in [0, 0.05) is 28.9 Å². The van der Waals surface area contributed by atoms with Gasteiger partial charge in [0.2, 0.25) is 0 Å². The Labute approximate surface area is 223 Å². The van der Waals surface area contributed by atoms with E-state index in [-0.39, 0.29) is 33.4 Å². The molecule has 0 aliphatic heterocycles. The quantitative estimate of drug-likeness (QED) is 0.0817. The highest BCUT2D eigenvalue weighted by Crippen LogP contribution is 2.39. The lowest BCUT2D eigenvalue weighted by Crippen LogP contribution is -2.06. The molecule has 0 spiro atoms. The summed E-state index contributed by atoms with van der Waals surface area (Å²) >= 11 is -0.816. The van der Waals surface area contributed by atoms with Crippen molar-refractivity contribution >= 4 is 39.1 Å². The summed E-state index contributed by atoms with van der Waals surface area (Å²) < 4.78 is 52.0. The average Bonchev–Trinajstić information content (AvgIpc) is 3.63. The van der Waals surface area contributed by atoms with Crippen molar-refractivity contribution in [1.29, 1.82) is 0 Å².